The van der Waals surface area contributed by atoms with E-state index in [4.69, 9.17) is 0 Å². The molecule has 0 fully saturated rings. The fourth-order valence-electron chi connectivity index (χ4n) is 3.87. The lowest BCUT2D eigenvalue weighted by Gasteiger charge is -2.28. The van der Waals surface area contributed by atoms with E-state index in [0.29, 0.717) is 22.3 Å². The number of rotatable bonds is 4. The van der Waals surface area contributed by atoms with Crippen LogP contribution in [-0.2, 0) is 17.6 Å². The molecule has 29 heavy (non-hydrogen) atoms. The first kappa shape index (κ1) is 19.5. The van der Waals surface area contributed by atoms with Crippen molar-refractivity contribution in [2.75, 3.05) is 5.32 Å². The quantitative estimate of drug-likeness (QED) is 0.523. The van der Waals surface area contributed by atoms with Gasteiger partial charge in [-0.3, -0.25) is 9.59 Å². The van der Waals surface area contributed by atoms with Gasteiger partial charge in [0.25, 0.3) is 5.56 Å². The molecule has 1 amide bonds. The van der Waals surface area contributed by atoms with Crippen molar-refractivity contribution in [2.24, 2.45) is 7.05 Å². The number of fused-ring (bicyclic) bond motifs is 1. The molecule has 1 atom stereocenters. The summed E-state index contributed by atoms with van der Waals surface area (Å²) in [5.41, 5.74) is 4.71. The Morgan fingerprint density at radius 3 is 2.62 bits per heavy atom. The predicted octanol–water partition coefficient (Wildman–Crippen LogP) is 4.16. The molecule has 1 aromatic heterocycles. The molecule has 0 radical (unpaired) electrons. The molecular formula is C23H23N3O2S. The van der Waals surface area contributed by atoms with Crippen molar-refractivity contribution in [2.45, 2.75) is 37.1 Å². The second-order valence-electron chi connectivity index (χ2n) is 7.46. The molecular weight excluding hydrogens is 382 g/mol. The Morgan fingerprint density at radius 2 is 1.90 bits per heavy atom. The molecule has 4 rings (SSSR count). The molecule has 2 heterocycles. The highest BCUT2D eigenvalue weighted by molar-refractivity contribution is 7.98. The smallest absolute Gasteiger partial charge is 0.279 e. The van der Waals surface area contributed by atoms with Crippen molar-refractivity contribution in [3.63, 3.8) is 0 Å². The third kappa shape index (κ3) is 3.85. The standard InChI is InChI=1S/C23H23N3O2S/c1-14-9-10-17(15(2)11-14)18-12-19(27)24-21-20(18)22(28)25-23(26(21)3)29-13-16-7-5-4-6-8-16/h4-11,18H,12-13H2,1-3H3,(H,24,27). The molecule has 3 aromatic rings. The zero-order valence-corrected chi connectivity index (χ0v) is 17.5. The number of nitrogens with one attached hydrogen (secondary N) is 1. The summed E-state index contributed by atoms with van der Waals surface area (Å²) >= 11 is 1.49. The largest absolute Gasteiger partial charge is 0.312 e. The molecule has 0 spiro atoms. The first-order valence-corrected chi connectivity index (χ1v) is 10.6. The topological polar surface area (TPSA) is 64.0 Å². The molecule has 0 aliphatic carbocycles. The van der Waals surface area contributed by atoms with Crippen molar-refractivity contribution in [3.05, 3.63) is 86.7 Å². The van der Waals surface area contributed by atoms with E-state index in [1.807, 2.05) is 67.9 Å². The second kappa shape index (κ2) is 7.87. The number of hydrogen-bond donors (Lipinski definition) is 1. The lowest BCUT2D eigenvalue weighted by molar-refractivity contribution is -0.116. The van der Waals surface area contributed by atoms with Crippen LogP contribution < -0.4 is 10.9 Å². The molecule has 148 valence electrons. The van der Waals surface area contributed by atoms with Gasteiger partial charge in [0.05, 0.1) is 5.56 Å². The van der Waals surface area contributed by atoms with Crippen molar-refractivity contribution in [1.82, 2.24) is 9.55 Å². The van der Waals surface area contributed by atoms with Gasteiger partial charge in [-0.05, 0) is 30.5 Å². The van der Waals surface area contributed by atoms with Crippen molar-refractivity contribution < 1.29 is 4.79 Å². The van der Waals surface area contributed by atoms with Gasteiger partial charge in [0, 0.05) is 25.1 Å². The van der Waals surface area contributed by atoms with Crippen LogP contribution in [0.1, 0.15) is 40.2 Å². The monoisotopic (exact) mass is 405 g/mol. The minimum absolute atomic E-state index is 0.0808. The highest BCUT2D eigenvalue weighted by Gasteiger charge is 2.32. The molecule has 1 N–H and O–H groups in total. The van der Waals surface area contributed by atoms with Gasteiger partial charge in [0.1, 0.15) is 5.82 Å². The molecule has 1 aliphatic rings. The number of thioether (sulfide) groups is 1. The molecule has 1 aliphatic heterocycles. The van der Waals surface area contributed by atoms with Crippen LogP contribution in [0.15, 0.2) is 58.5 Å². The van der Waals surface area contributed by atoms with Gasteiger partial charge in [-0.2, -0.15) is 4.98 Å². The first-order valence-electron chi connectivity index (χ1n) is 9.58. The van der Waals surface area contributed by atoms with Gasteiger partial charge >= 0.3 is 0 Å². The Kier molecular flexibility index (Phi) is 5.28. The predicted molar refractivity (Wildman–Crippen MR) is 116 cm³/mol. The summed E-state index contributed by atoms with van der Waals surface area (Å²) in [5.74, 6) is 0.900. The molecule has 5 nitrogen and oxygen atoms in total. The van der Waals surface area contributed by atoms with Gasteiger partial charge < -0.3 is 9.88 Å². The fraction of sp³-hybridized carbons (Fsp3) is 0.261. The highest BCUT2D eigenvalue weighted by Crippen LogP contribution is 2.37. The Labute approximate surface area is 174 Å². The van der Waals surface area contributed by atoms with Gasteiger partial charge in [0.15, 0.2) is 5.16 Å². The first-order chi connectivity index (χ1) is 13.9. The average Bonchev–Trinajstić information content (AvgIpc) is 2.70. The Morgan fingerprint density at radius 1 is 1.14 bits per heavy atom. The highest BCUT2D eigenvalue weighted by atomic mass is 32.2. The van der Waals surface area contributed by atoms with Crippen LogP contribution in [0.2, 0.25) is 0 Å². The lowest BCUT2D eigenvalue weighted by Crippen LogP contribution is -2.33. The molecule has 0 saturated carbocycles. The Bertz CT molecular complexity index is 1140. The molecule has 6 heteroatoms. The van der Waals surface area contributed by atoms with Crippen LogP contribution in [0.5, 0.6) is 0 Å². The van der Waals surface area contributed by atoms with E-state index in [1.165, 1.54) is 11.8 Å². The number of anilines is 1. The second-order valence-corrected chi connectivity index (χ2v) is 8.40. The van der Waals surface area contributed by atoms with Crippen LogP contribution in [0.4, 0.5) is 5.82 Å². The zero-order chi connectivity index (χ0) is 20.5. The normalized spacial score (nSPS) is 15.7. The maximum Gasteiger partial charge on any atom is 0.279 e. The number of carbonyl (C=O) groups is 1. The minimum atomic E-state index is -0.279. The Hall–Kier alpha value is -2.86. The van der Waals surface area contributed by atoms with Crippen LogP contribution >= 0.6 is 11.8 Å². The maximum atomic E-state index is 13.0. The fourth-order valence-corrected chi connectivity index (χ4v) is 4.79. The minimum Gasteiger partial charge on any atom is -0.312 e. The van der Waals surface area contributed by atoms with Crippen LogP contribution in [0.3, 0.4) is 0 Å². The van der Waals surface area contributed by atoms with E-state index in [2.05, 4.69) is 16.4 Å². The summed E-state index contributed by atoms with van der Waals surface area (Å²) in [6, 6.07) is 16.2. The molecule has 0 saturated heterocycles. The van der Waals surface area contributed by atoms with Gasteiger partial charge in [0.2, 0.25) is 5.91 Å². The van der Waals surface area contributed by atoms with Gasteiger partial charge in [-0.25, -0.2) is 0 Å². The van der Waals surface area contributed by atoms with Gasteiger partial charge in [-0.1, -0.05) is 65.9 Å². The third-order valence-corrected chi connectivity index (χ3v) is 6.41. The number of aromatic nitrogens is 2. The summed E-state index contributed by atoms with van der Waals surface area (Å²) in [6.45, 7) is 4.06. The number of carbonyl (C=O) groups excluding carboxylic acids is 1. The van der Waals surface area contributed by atoms with Crippen molar-refractivity contribution >= 4 is 23.5 Å². The zero-order valence-electron chi connectivity index (χ0n) is 16.7. The summed E-state index contributed by atoms with van der Waals surface area (Å²) in [5, 5.41) is 3.51. The van der Waals surface area contributed by atoms with Crippen molar-refractivity contribution in [3.8, 4) is 0 Å². The van der Waals surface area contributed by atoms with Crippen molar-refractivity contribution in [1.29, 1.82) is 0 Å². The van der Waals surface area contributed by atoms with E-state index in [-0.39, 0.29) is 23.8 Å². The summed E-state index contributed by atoms with van der Waals surface area (Å²) in [6.07, 6.45) is 0.254. The number of nitrogens with zero attached hydrogens (tertiary/aromatic N) is 2. The van der Waals surface area contributed by atoms with E-state index in [1.54, 1.807) is 0 Å². The number of aryl methyl sites for hydroxylation is 2. The summed E-state index contributed by atoms with van der Waals surface area (Å²) < 4.78 is 1.83. The molecule has 0 bridgehead atoms. The summed E-state index contributed by atoms with van der Waals surface area (Å²) in [7, 11) is 1.85. The third-order valence-electron chi connectivity index (χ3n) is 5.31. The Balaban J connectivity index is 1.75. The number of benzene rings is 2. The SMILES string of the molecule is Cc1ccc(C2CC(=O)Nc3c2c(=O)nc(SCc2ccccc2)n3C)c(C)c1. The van der Waals surface area contributed by atoms with E-state index in [9.17, 15) is 9.59 Å². The number of hydrogen-bond acceptors (Lipinski definition) is 4. The van der Waals surface area contributed by atoms with E-state index < -0.39 is 0 Å². The van der Waals surface area contributed by atoms with Gasteiger partial charge in [-0.15, -0.1) is 0 Å². The lowest BCUT2D eigenvalue weighted by atomic mass is 9.84. The molecule has 1 unspecified atom stereocenters. The van der Waals surface area contributed by atoms with E-state index >= 15 is 0 Å². The van der Waals surface area contributed by atoms with Crippen LogP contribution in [0.25, 0.3) is 0 Å². The maximum absolute atomic E-state index is 13.0. The van der Waals surface area contributed by atoms with Crippen LogP contribution in [-0.4, -0.2) is 15.5 Å². The average molecular weight is 406 g/mol. The van der Waals surface area contributed by atoms with E-state index in [0.717, 1.165) is 22.3 Å². The summed E-state index contributed by atoms with van der Waals surface area (Å²) in [4.78, 5) is 29.9. The number of amides is 1. The molecule has 2 aromatic carbocycles. The van der Waals surface area contributed by atoms with Crippen LogP contribution in [0, 0.1) is 13.8 Å².